The molecule has 17 heavy (non-hydrogen) atoms. The Labute approximate surface area is 116 Å². The highest BCUT2D eigenvalue weighted by Gasteiger charge is 2.21. The maximum atomic E-state index is 12.7. The van der Waals surface area contributed by atoms with Crippen LogP contribution in [-0.4, -0.2) is 17.6 Å². The first-order valence-electron chi connectivity index (χ1n) is 4.71. The van der Waals surface area contributed by atoms with E-state index in [9.17, 15) is 13.6 Å². The fourth-order valence-corrected chi connectivity index (χ4v) is 2.26. The summed E-state index contributed by atoms with van der Waals surface area (Å²) in [5, 5.41) is 0. The van der Waals surface area contributed by atoms with E-state index in [4.69, 9.17) is 16.3 Å². The van der Waals surface area contributed by atoms with Gasteiger partial charge in [-0.15, -0.1) is 11.6 Å². The number of alkyl halides is 3. The Morgan fingerprint density at radius 3 is 2.76 bits per heavy atom. The van der Waals surface area contributed by atoms with Gasteiger partial charge in [0.2, 0.25) is 0 Å². The topological polar surface area (TPSA) is 39.2 Å². The quantitative estimate of drug-likeness (QED) is 0.459. The Balaban J connectivity index is 3.22. The molecule has 0 aliphatic heterocycles. The second-order valence-electron chi connectivity index (χ2n) is 3.00. The number of pyridine rings is 1. The van der Waals surface area contributed by atoms with Gasteiger partial charge in [-0.25, -0.2) is 18.6 Å². The lowest BCUT2D eigenvalue weighted by Gasteiger charge is -2.10. The monoisotopic (exact) mass is 375 g/mol. The van der Waals surface area contributed by atoms with Gasteiger partial charge >= 0.3 is 5.97 Å². The number of halogens is 4. The molecule has 1 aromatic rings. The summed E-state index contributed by atoms with van der Waals surface area (Å²) >= 11 is 7.28. The number of hydrogen-bond donors (Lipinski definition) is 0. The van der Waals surface area contributed by atoms with Crippen LogP contribution in [0.3, 0.4) is 0 Å². The molecule has 1 aromatic heterocycles. The van der Waals surface area contributed by atoms with Crippen LogP contribution in [0, 0.1) is 3.57 Å². The third-order valence-corrected chi connectivity index (χ3v) is 3.06. The number of rotatable bonds is 4. The zero-order valence-corrected chi connectivity index (χ0v) is 11.8. The highest BCUT2D eigenvalue weighted by Crippen LogP contribution is 2.28. The molecule has 0 atom stereocenters. The SMILES string of the molecule is CCOC(=O)c1cc(I)c(C(F)F)c(CCl)n1. The van der Waals surface area contributed by atoms with Crippen molar-refractivity contribution in [3.63, 3.8) is 0 Å². The maximum Gasteiger partial charge on any atom is 0.356 e. The zero-order chi connectivity index (χ0) is 13.0. The Kier molecular flexibility index (Phi) is 5.51. The first kappa shape index (κ1) is 14.6. The standard InChI is InChI=1S/C10H9ClF2INO2/c1-2-17-10(16)6-3-5(14)8(9(12)13)7(4-11)15-6/h3,9H,2,4H2,1H3. The van der Waals surface area contributed by atoms with Crippen molar-refractivity contribution in [3.8, 4) is 0 Å². The number of carbonyl (C=O) groups excluding carboxylic acids is 1. The van der Waals surface area contributed by atoms with Crippen LogP contribution >= 0.6 is 34.2 Å². The van der Waals surface area contributed by atoms with Crippen LogP contribution in [0.5, 0.6) is 0 Å². The van der Waals surface area contributed by atoms with Crippen molar-refractivity contribution in [1.29, 1.82) is 0 Å². The molecule has 0 aliphatic carbocycles. The number of aromatic nitrogens is 1. The molecule has 0 unspecified atom stereocenters. The van der Waals surface area contributed by atoms with Gasteiger partial charge in [0.05, 0.1) is 23.7 Å². The predicted octanol–water partition coefficient (Wildman–Crippen LogP) is 3.54. The Hall–Kier alpha value is -0.500. The molecule has 0 bridgehead atoms. The first-order valence-corrected chi connectivity index (χ1v) is 6.33. The van der Waals surface area contributed by atoms with Gasteiger partial charge in [0.25, 0.3) is 6.43 Å². The summed E-state index contributed by atoms with van der Waals surface area (Å²) in [5.74, 6) is -0.819. The minimum atomic E-state index is -2.67. The van der Waals surface area contributed by atoms with Gasteiger partial charge in [-0.2, -0.15) is 0 Å². The molecule has 0 saturated carbocycles. The molecule has 3 nitrogen and oxygen atoms in total. The first-order chi connectivity index (χ1) is 8.01. The number of hydrogen-bond acceptors (Lipinski definition) is 3. The fourth-order valence-electron chi connectivity index (χ4n) is 1.22. The van der Waals surface area contributed by atoms with E-state index < -0.39 is 12.4 Å². The second-order valence-corrected chi connectivity index (χ2v) is 4.43. The molecule has 0 radical (unpaired) electrons. The van der Waals surface area contributed by atoms with Crippen LogP contribution < -0.4 is 0 Å². The normalized spacial score (nSPS) is 10.7. The highest BCUT2D eigenvalue weighted by molar-refractivity contribution is 14.1. The summed E-state index contributed by atoms with van der Waals surface area (Å²) in [4.78, 5) is 15.2. The lowest BCUT2D eigenvalue weighted by atomic mass is 10.2. The highest BCUT2D eigenvalue weighted by atomic mass is 127. The van der Waals surface area contributed by atoms with E-state index in [1.807, 2.05) is 0 Å². The lowest BCUT2D eigenvalue weighted by Crippen LogP contribution is -2.11. The Morgan fingerprint density at radius 2 is 2.29 bits per heavy atom. The van der Waals surface area contributed by atoms with Crippen LogP contribution in [0.4, 0.5) is 8.78 Å². The molecule has 0 N–H and O–H groups in total. The van der Waals surface area contributed by atoms with Crippen molar-refractivity contribution in [1.82, 2.24) is 4.98 Å². The van der Waals surface area contributed by atoms with Crippen molar-refractivity contribution in [2.45, 2.75) is 19.2 Å². The minimum absolute atomic E-state index is 0.00343. The molecular formula is C10H9ClF2INO2. The summed E-state index contributed by atoms with van der Waals surface area (Å²) in [6.45, 7) is 1.85. The third-order valence-electron chi connectivity index (χ3n) is 1.92. The molecule has 0 fully saturated rings. The van der Waals surface area contributed by atoms with Crippen LogP contribution in [0.2, 0.25) is 0 Å². The van der Waals surface area contributed by atoms with Crippen LogP contribution in [0.1, 0.15) is 35.1 Å². The molecule has 94 valence electrons. The van der Waals surface area contributed by atoms with Gasteiger partial charge in [-0.05, 0) is 35.6 Å². The summed E-state index contributed by atoms with van der Waals surface area (Å²) in [6.07, 6.45) is -2.67. The van der Waals surface area contributed by atoms with E-state index in [2.05, 4.69) is 4.98 Å². The summed E-state index contributed by atoms with van der Waals surface area (Å²) in [7, 11) is 0. The molecule has 0 spiro atoms. The minimum Gasteiger partial charge on any atom is -0.461 e. The maximum absolute atomic E-state index is 12.7. The van der Waals surface area contributed by atoms with Gasteiger partial charge in [0.1, 0.15) is 5.69 Å². The number of carbonyl (C=O) groups is 1. The molecule has 0 amide bonds. The van der Waals surface area contributed by atoms with E-state index >= 15 is 0 Å². The summed E-state index contributed by atoms with van der Waals surface area (Å²) in [6, 6.07) is 1.27. The second kappa shape index (κ2) is 6.44. The number of nitrogens with zero attached hydrogens (tertiary/aromatic N) is 1. The average molecular weight is 376 g/mol. The summed E-state index contributed by atoms with van der Waals surface area (Å²) < 4.78 is 30.5. The molecular weight excluding hydrogens is 366 g/mol. The zero-order valence-electron chi connectivity index (χ0n) is 8.84. The molecule has 1 heterocycles. The van der Waals surface area contributed by atoms with Crippen molar-refractivity contribution in [2.75, 3.05) is 6.61 Å². The van der Waals surface area contributed by atoms with Gasteiger partial charge in [-0.3, -0.25) is 0 Å². The predicted molar refractivity (Wildman–Crippen MR) is 67.4 cm³/mol. The van der Waals surface area contributed by atoms with E-state index in [0.717, 1.165) is 0 Å². The van der Waals surface area contributed by atoms with Crippen LogP contribution in [0.25, 0.3) is 0 Å². The number of ether oxygens (including phenoxy) is 1. The van der Waals surface area contributed by atoms with Crippen molar-refractivity contribution < 1.29 is 18.3 Å². The van der Waals surface area contributed by atoms with Crippen molar-refractivity contribution >= 4 is 40.2 Å². The van der Waals surface area contributed by atoms with E-state index in [0.29, 0.717) is 0 Å². The average Bonchev–Trinajstić information content (AvgIpc) is 2.27. The molecule has 0 saturated heterocycles. The van der Waals surface area contributed by atoms with Gasteiger partial charge in [-0.1, -0.05) is 0 Å². The molecule has 0 aliphatic rings. The van der Waals surface area contributed by atoms with Crippen LogP contribution in [0.15, 0.2) is 6.07 Å². The van der Waals surface area contributed by atoms with E-state index in [-0.39, 0.29) is 33.0 Å². The fraction of sp³-hybridized carbons (Fsp3) is 0.400. The number of esters is 1. The Bertz CT molecular complexity index is 429. The largest absolute Gasteiger partial charge is 0.461 e. The van der Waals surface area contributed by atoms with Gasteiger partial charge < -0.3 is 4.74 Å². The van der Waals surface area contributed by atoms with Gasteiger partial charge in [0.15, 0.2) is 0 Å². The molecule has 7 heteroatoms. The van der Waals surface area contributed by atoms with Crippen molar-refractivity contribution in [3.05, 3.63) is 26.6 Å². The van der Waals surface area contributed by atoms with Crippen molar-refractivity contribution in [2.24, 2.45) is 0 Å². The molecule has 1 rings (SSSR count). The van der Waals surface area contributed by atoms with E-state index in [1.54, 1.807) is 29.5 Å². The Morgan fingerprint density at radius 1 is 1.65 bits per heavy atom. The smallest absolute Gasteiger partial charge is 0.356 e. The van der Waals surface area contributed by atoms with Crippen LogP contribution in [-0.2, 0) is 10.6 Å². The lowest BCUT2D eigenvalue weighted by molar-refractivity contribution is 0.0518. The summed E-state index contributed by atoms with van der Waals surface area (Å²) in [5.41, 5.74) is -0.221. The van der Waals surface area contributed by atoms with E-state index in [1.165, 1.54) is 6.07 Å². The third kappa shape index (κ3) is 3.48. The van der Waals surface area contributed by atoms with Gasteiger partial charge in [0, 0.05) is 3.57 Å². The molecule has 0 aromatic carbocycles.